The van der Waals surface area contributed by atoms with Gasteiger partial charge in [0.1, 0.15) is 5.69 Å². The lowest BCUT2D eigenvalue weighted by Crippen LogP contribution is -2.72. The molecule has 0 spiro atoms. The smallest absolute Gasteiger partial charge is 0.343 e. The fourth-order valence-corrected chi connectivity index (χ4v) is 1.32. The number of benzene rings is 1. The minimum Gasteiger partial charge on any atom is -0.356 e. The van der Waals surface area contributed by atoms with E-state index in [1.54, 1.807) is 18.2 Å². The number of nitrogens with two attached hydrogens (primary N) is 2. The van der Waals surface area contributed by atoms with Gasteiger partial charge in [0.15, 0.2) is 0 Å². The quantitative estimate of drug-likeness (QED) is 0.279. The van der Waals surface area contributed by atoms with Gasteiger partial charge >= 0.3 is 5.96 Å². The van der Waals surface area contributed by atoms with Crippen molar-refractivity contribution in [3.63, 3.8) is 0 Å². The SMILES string of the molecule is NC(N)=[NH+]c1cc(Cl)cc(Cl)c1.O=[N+]([O-])[O-]. The average Bonchev–Trinajstić information content (AvgIpc) is 1.97. The van der Waals surface area contributed by atoms with E-state index in [0.29, 0.717) is 15.7 Å². The molecule has 0 unspecified atom stereocenters. The molecule has 1 aromatic rings. The molecular formula is C7H8Cl2N4O3. The Labute approximate surface area is 100 Å². The van der Waals surface area contributed by atoms with Crippen LogP contribution in [0.15, 0.2) is 18.2 Å². The zero-order valence-electron chi connectivity index (χ0n) is 7.81. The van der Waals surface area contributed by atoms with Crippen molar-refractivity contribution >= 4 is 34.8 Å². The Balaban J connectivity index is 0.000000487. The van der Waals surface area contributed by atoms with Gasteiger partial charge < -0.3 is 15.3 Å². The summed E-state index contributed by atoms with van der Waals surface area (Å²) in [5.74, 6) is 0.105. The summed E-state index contributed by atoms with van der Waals surface area (Å²) in [6.45, 7) is 0. The lowest BCUT2D eigenvalue weighted by Gasteiger charge is -1.95. The standard InChI is InChI=1S/C7H7Cl2N3.NO3/c8-4-1-5(9)3-6(2-4)12-7(10)11;2-1(3)4/h1-3H,(H4,10,11,12);/q;-1/p+1. The van der Waals surface area contributed by atoms with Gasteiger partial charge in [0.25, 0.3) is 0 Å². The maximum absolute atomic E-state index is 8.25. The van der Waals surface area contributed by atoms with Crippen LogP contribution >= 0.6 is 23.2 Å². The van der Waals surface area contributed by atoms with Crippen molar-refractivity contribution in [3.05, 3.63) is 43.6 Å². The van der Waals surface area contributed by atoms with Crippen molar-refractivity contribution < 1.29 is 10.1 Å². The Morgan fingerprint density at radius 2 is 1.56 bits per heavy atom. The van der Waals surface area contributed by atoms with E-state index in [4.69, 9.17) is 50.0 Å². The topological polar surface area (TPSA) is 132 Å². The van der Waals surface area contributed by atoms with Crippen LogP contribution in [0.2, 0.25) is 10.0 Å². The first-order chi connectivity index (χ1) is 7.31. The van der Waals surface area contributed by atoms with Gasteiger partial charge in [-0.1, -0.05) is 23.2 Å². The highest BCUT2D eigenvalue weighted by molar-refractivity contribution is 6.34. The molecule has 0 fully saturated rings. The number of halogens is 2. The summed E-state index contributed by atoms with van der Waals surface area (Å²) in [6.07, 6.45) is 0. The molecule has 1 aromatic carbocycles. The fourth-order valence-electron chi connectivity index (χ4n) is 0.793. The largest absolute Gasteiger partial charge is 0.356 e. The summed E-state index contributed by atoms with van der Waals surface area (Å²) < 4.78 is 0. The number of guanidine groups is 1. The molecule has 5 N–H and O–H groups in total. The van der Waals surface area contributed by atoms with E-state index in [9.17, 15) is 0 Å². The molecule has 16 heavy (non-hydrogen) atoms. The van der Waals surface area contributed by atoms with E-state index in [2.05, 4.69) is 4.99 Å². The summed E-state index contributed by atoms with van der Waals surface area (Å²) in [5, 5.41) is 15.8. The molecule has 0 saturated carbocycles. The number of rotatable bonds is 1. The maximum Gasteiger partial charge on any atom is 0.343 e. The lowest BCUT2D eigenvalue weighted by molar-refractivity contribution is -0.402. The van der Waals surface area contributed by atoms with Crippen molar-refractivity contribution in [2.45, 2.75) is 0 Å². The zero-order valence-corrected chi connectivity index (χ0v) is 9.33. The molecule has 9 heteroatoms. The fraction of sp³-hybridized carbons (Fsp3) is 0. The van der Waals surface area contributed by atoms with Gasteiger partial charge in [-0.25, -0.2) is 4.99 Å². The van der Waals surface area contributed by atoms with Crippen molar-refractivity contribution in [2.24, 2.45) is 11.5 Å². The van der Waals surface area contributed by atoms with Gasteiger partial charge in [0, 0.05) is 10.0 Å². The Hall–Kier alpha value is -1.73. The van der Waals surface area contributed by atoms with Crippen LogP contribution in [0.1, 0.15) is 0 Å². The second kappa shape index (κ2) is 6.70. The molecule has 0 aliphatic carbocycles. The first kappa shape index (κ1) is 14.3. The van der Waals surface area contributed by atoms with Crippen LogP contribution < -0.4 is 16.5 Å². The van der Waals surface area contributed by atoms with Gasteiger partial charge in [-0.05, 0) is 18.2 Å². The Kier molecular flexibility index (Phi) is 5.97. The van der Waals surface area contributed by atoms with Crippen molar-refractivity contribution in [2.75, 3.05) is 0 Å². The lowest BCUT2D eigenvalue weighted by atomic mass is 10.3. The second-order valence-electron chi connectivity index (χ2n) is 2.46. The Morgan fingerprint density at radius 3 is 1.88 bits per heavy atom. The molecule has 0 aliphatic heterocycles. The molecule has 0 aromatic heterocycles. The van der Waals surface area contributed by atoms with Gasteiger partial charge in [0.05, 0.1) is 5.09 Å². The maximum atomic E-state index is 8.25. The van der Waals surface area contributed by atoms with Gasteiger partial charge in [-0.3, -0.25) is 11.5 Å². The molecule has 1 rings (SSSR count). The average molecular weight is 267 g/mol. The third kappa shape index (κ3) is 7.65. The molecule has 88 valence electrons. The monoisotopic (exact) mass is 266 g/mol. The second-order valence-corrected chi connectivity index (χ2v) is 3.33. The molecule has 0 amide bonds. The number of hydrogen-bond donors (Lipinski definition) is 3. The van der Waals surface area contributed by atoms with Crippen LogP contribution in [0.3, 0.4) is 0 Å². The van der Waals surface area contributed by atoms with Crippen LogP contribution in [0.5, 0.6) is 0 Å². The normalized spacial score (nSPS) is 8.62. The third-order valence-electron chi connectivity index (χ3n) is 1.15. The summed E-state index contributed by atoms with van der Waals surface area (Å²) in [7, 11) is 0. The summed E-state index contributed by atoms with van der Waals surface area (Å²) in [5.41, 5.74) is 11.1. The highest BCUT2D eigenvalue weighted by Crippen LogP contribution is 2.18. The third-order valence-corrected chi connectivity index (χ3v) is 1.59. The summed E-state index contributed by atoms with van der Waals surface area (Å²) >= 11 is 11.4. The molecule has 0 saturated heterocycles. The van der Waals surface area contributed by atoms with E-state index in [1.807, 2.05) is 0 Å². The van der Waals surface area contributed by atoms with Crippen LogP contribution in [0.4, 0.5) is 5.69 Å². The number of nitrogens with one attached hydrogen (secondary N) is 1. The van der Waals surface area contributed by atoms with Crippen LogP contribution in [-0.4, -0.2) is 11.0 Å². The van der Waals surface area contributed by atoms with Crippen LogP contribution in [0, 0.1) is 15.3 Å². The minimum atomic E-state index is -1.75. The first-order valence-corrected chi connectivity index (χ1v) is 4.49. The molecule has 0 heterocycles. The number of hydrogen-bond acceptors (Lipinski definition) is 3. The minimum absolute atomic E-state index is 0.105. The Morgan fingerprint density at radius 1 is 1.19 bits per heavy atom. The van der Waals surface area contributed by atoms with Gasteiger partial charge in [-0.15, -0.1) is 0 Å². The van der Waals surface area contributed by atoms with Gasteiger partial charge in [0.2, 0.25) is 0 Å². The van der Waals surface area contributed by atoms with E-state index in [1.165, 1.54) is 0 Å². The van der Waals surface area contributed by atoms with Crippen LogP contribution in [0.25, 0.3) is 0 Å². The molecule has 7 nitrogen and oxygen atoms in total. The Bertz CT molecular complexity index is 382. The molecule has 0 aliphatic rings. The predicted molar refractivity (Wildman–Crippen MR) is 60.8 cm³/mol. The van der Waals surface area contributed by atoms with Crippen molar-refractivity contribution in [1.29, 1.82) is 0 Å². The van der Waals surface area contributed by atoms with Crippen LogP contribution in [-0.2, 0) is 0 Å². The summed E-state index contributed by atoms with van der Waals surface area (Å²) in [6, 6.07) is 4.97. The molecular weight excluding hydrogens is 259 g/mol. The zero-order chi connectivity index (χ0) is 12.7. The van der Waals surface area contributed by atoms with Gasteiger partial charge in [-0.2, -0.15) is 0 Å². The van der Waals surface area contributed by atoms with E-state index < -0.39 is 5.09 Å². The highest BCUT2D eigenvalue weighted by atomic mass is 35.5. The highest BCUT2D eigenvalue weighted by Gasteiger charge is 1.97. The van der Waals surface area contributed by atoms with E-state index in [-0.39, 0.29) is 5.96 Å². The van der Waals surface area contributed by atoms with Crippen molar-refractivity contribution in [1.82, 2.24) is 0 Å². The van der Waals surface area contributed by atoms with Crippen molar-refractivity contribution in [3.8, 4) is 0 Å². The van der Waals surface area contributed by atoms with E-state index >= 15 is 0 Å². The summed E-state index contributed by atoms with van der Waals surface area (Å²) in [4.78, 5) is 10.9. The molecule has 0 atom stereocenters. The molecule has 0 bridgehead atoms. The first-order valence-electron chi connectivity index (χ1n) is 3.74. The van der Waals surface area contributed by atoms with E-state index in [0.717, 1.165) is 0 Å². The number of nitrogens with zero attached hydrogens (tertiary/aromatic N) is 1. The molecule has 0 radical (unpaired) electrons. The predicted octanol–water partition coefficient (Wildman–Crippen LogP) is -0.260.